The predicted octanol–water partition coefficient (Wildman–Crippen LogP) is 3.52. The van der Waals surface area contributed by atoms with E-state index in [9.17, 15) is 13.2 Å². The number of alkyl halides is 3. The fourth-order valence-electron chi connectivity index (χ4n) is 4.28. The van der Waals surface area contributed by atoms with E-state index in [1.807, 2.05) is 18.2 Å². The number of likely N-dealkylation sites (tertiary alicyclic amines) is 1. The van der Waals surface area contributed by atoms with E-state index in [1.165, 1.54) is 11.9 Å². The molecule has 2 aromatic rings. The van der Waals surface area contributed by atoms with E-state index in [-0.39, 0.29) is 24.3 Å². The third-order valence-electron chi connectivity index (χ3n) is 5.71. The number of nitrogens with zero attached hydrogens (tertiary/aromatic N) is 4. The first kappa shape index (κ1) is 18.3. The molecule has 0 radical (unpaired) electrons. The van der Waals surface area contributed by atoms with Gasteiger partial charge in [-0.05, 0) is 43.7 Å². The van der Waals surface area contributed by atoms with Crippen molar-refractivity contribution in [1.29, 1.82) is 0 Å². The summed E-state index contributed by atoms with van der Waals surface area (Å²) in [5.74, 6) is 0.416. The second-order valence-electron chi connectivity index (χ2n) is 7.51. The fraction of sp³-hybridized carbons (Fsp3) is 0.579. The Labute approximate surface area is 156 Å². The maximum atomic E-state index is 13.5. The van der Waals surface area contributed by atoms with Crippen molar-refractivity contribution < 1.29 is 13.2 Å². The lowest BCUT2D eigenvalue weighted by Crippen LogP contribution is -2.48. The van der Waals surface area contributed by atoms with Gasteiger partial charge in [-0.15, -0.1) is 0 Å². The number of hydrogen-bond donors (Lipinski definition) is 1. The number of rotatable bonds is 4. The molecule has 1 aromatic carbocycles. The first-order chi connectivity index (χ1) is 13.0. The minimum atomic E-state index is -4.32. The third kappa shape index (κ3) is 4.10. The summed E-state index contributed by atoms with van der Waals surface area (Å²) >= 11 is 0. The summed E-state index contributed by atoms with van der Waals surface area (Å²) < 4.78 is 41.5. The quantitative estimate of drug-likeness (QED) is 0.883. The van der Waals surface area contributed by atoms with Crippen molar-refractivity contribution in [2.75, 3.05) is 25.0 Å². The van der Waals surface area contributed by atoms with Crippen LogP contribution in [0.2, 0.25) is 0 Å². The minimum Gasteiger partial charge on any atom is -0.351 e. The Balaban J connectivity index is 1.41. The zero-order chi connectivity index (χ0) is 18.9. The molecule has 0 aliphatic carbocycles. The van der Waals surface area contributed by atoms with Crippen molar-refractivity contribution in [2.24, 2.45) is 5.92 Å². The van der Waals surface area contributed by atoms with Gasteiger partial charge in [-0.2, -0.15) is 23.3 Å². The van der Waals surface area contributed by atoms with Gasteiger partial charge in [-0.25, -0.2) is 4.68 Å². The zero-order valence-electron chi connectivity index (χ0n) is 15.1. The van der Waals surface area contributed by atoms with Gasteiger partial charge in [0.05, 0.1) is 0 Å². The summed E-state index contributed by atoms with van der Waals surface area (Å²) in [6.07, 6.45) is -0.192. The molecule has 5 nitrogen and oxygen atoms in total. The predicted molar refractivity (Wildman–Crippen MR) is 96.5 cm³/mol. The molecule has 0 bridgehead atoms. The van der Waals surface area contributed by atoms with Crippen LogP contribution >= 0.6 is 0 Å². The molecule has 1 fully saturated rings. The van der Waals surface area contributed by atoms with Crippen molar-refractivity contribution in [1.82, 2.24) is 19.7 Å². The van der Waals surface area contributed by atoms with E-state index in [2.05, 4.69) is 32.4 Å². The maximum Gasteiger partial charge on any atom is 0.411 e. The van der Waals surface area contributed by atoms with Crippen molar-refractivity contribution in [3.8, 4) is 0 Å². The Morgan fingerprint density at radius 1 is 1.19 bits per heavy atom. The van der Waals surface area contributed by atoms with E-state index in [0.29, 0.717) is 0 Å². The van der Waals surface area contributed by atoms with Gasteiger partial charge in [0.2, 0.25) is 5.95 Å². The Morgan fingerprint density at radius 3 is 2.78 bits per heavy atom. The Morgan fingerprint density at radius 2 is 2.00 bits per heavy atom. The number of benzene rings is 1. The van der Waals surface area contributed by atoms with Crippen LogP contribution in [-0.4, -0.2) is 51.5 Å². The van der Waals surface area contributed by atoms with Crippen LogP contribution in [0.5, 0.6) is 0 Å². The SMILES string of the molecule is FC(F)(F)[C@H]1C[C@@H](C2CCCN(CCc3ccccc3)C2)Nc2ncnn21. The largest absolute Gasteiger partial charge is 0.411 e. The molecule has 1 unspecified atom stereocenters. The lowest BCUT2D eigenvalue weighted by molar-refractivity contribution is -0.174. The lowest BCUT2D eigenvalue weighted by atomic mass is 9.86. The second-order valence-corrected chi connectivity index (χ2v) is 7.51. The molecule has 4 rings (SSSR count). The minimum absolute atomic E-state index is 0.0110. The molecule has 3 atom stereocenters. The average molecular weight is 379 g/mol. The van der Waals surface area contributed by atoms with Crippen molar-refractivity contribution >= 4 is 5.95 Å². The van der Waals surface area contributed by atoms with E-state index in [0.717, 1.165) is 43.6 Å². The van der Waals surface area contributed by atoms with Crippen LogP contribution in [0.25, 0.3) is 0 Å². The highest BCUT2D eigenvalue weighted by molar-refractivity contribution is 5.30. The summed E-state index contributed by atoms with van der Waals surface area (Å²) in [6, 6.07) is 8.48. The van der Waals surface area contributed by atoms with Crippen LogP contribution in [0, 0.1) is 5.92 Å². The Kier molecular flexibility index (Phi) is 5.08. The Bertz CT molecular complexity index is 745. The summed E-state index contributed by atoms with van der Waals surface area (Å²) in [7, 11) is 0. The van der Waals surface area contributed by atoms with E-state index >= 15 is 0 Å². The van der Waals surface area contributed by atoms with Gasteiger partial charge in [-0.3, -0.25) is 0 Å². The molecule has 2 aliphatic rings. The van der Waals surface area contributed by atoms with Gasteiger partial charge >= 0.3 is 6.18 Å². The number of piperidine rings is 1. The lowest BCUT2D eigenvalue weighted by Gasteiger charge is -2.41. The Hall–Kier alpha value is -2.09. The summed E-state index contributed by atoms with van der Waals surface area (Å²) in [4.78, 5) is 6.37. The molecule has 2 aliphatic heterocycles. The first-order valence-corrected chi connectivity index (χ1v) is 9.50. The summed E-state index contributed by atoms with van der Waals surface area (Å²) in [6.45, 7) is 2.77. The smallest absolute Gasteiger partial charge is 0.351 e. The van der Waals surface area contributed by atoms with Crippen LogP contribution in [0.1, 0.15) is 30.9 Å². The van der Waals surface area contributed by atoms with Crippen LogP contribution in [0.15, 0.2) is 36.7 Å². The molecule has 0 spiro atoms. The highest BCUT2D eigenvalue weighted by Gasteiger charge is 2.48. The molecule has 1 aromatic heterocycles. The standard InChI is InChI=1S/C19H24F3N5/c20-19(21,22)17-11-16(25-18-23-13-24-27(17)18)15-7-4-9-26(12-15)10-8-14-5-2-1-3-6-14/h1-3,5-6,13,15-17H,4,7-12H2,(H,23,24,25)/t15?,16-,17+/m0/s1. The summed E-state index contributed by atoms with van der Waals surface area (Å²) in [5.41, 5.74) is 1.29. The maximum absolute atomic E-state index is 13.5. The van der Waals surface area contributed by atoms with Gasteiger partial charge in [0, 0.05) is 19.1 Å². The van der Waals surface area contributed by atoms with E-state index in [1.54, 1.807) is 0 Å². The average Bonchev–Trinajstić information content (AvgIpc) is 3.14. The van der Waals surface area contributed by atoms with Crippen molar-refractivity contribution in [3.63, 3.8) is 0 Å². The molecule has 27 heavy (non-hydrogen) atoms. The summed E-state index contributed by atoms with van der Waals surface area (Å²) in [5, 5.41) is 6.98. The first-order valence-electron chi connectivity index (χ1n) is 9.50. The van der Waals surface area contributed by atoms with Gasteiger partial charge in [0.15, 0.2) is 6.04 Å². The molecular weight excluding hydrogens is 355 g/mol. The molecule has 146 valence electrons. The van der Waals surface area contributed by atoms with Crippen LogP contribution in [0.3, 0.4) is 0 Å². The number of anilines is 1. The van der Waals surface area contributed by atoms with Gasteiger partial charge < -0.3 is 10.2 Å². The number of hydrogen-bond acceptors (Lipinski definition) is 4. The van der Waals surface area contributed by atoms with Gasteiger partial charge in [0.25, 0.3) is 0 Å². The number of aromatic nitrogens is 3. The van der Waals surface area contributed by atoms with E-state index < -0.39 is 12.2 Å². The molecule has 1 N–H and O–H groups in total. The molecule has 3 heterocycles. The molecular formula is C19H24F3N5. The van der Waals surface area contributed by atoms with Crippen LogP contribution in [-0.2, 0) is 6.42 Å². The van der Waals surface area contributed by atoms with Crippen LogP contribution < -0.4 is 5.32 Å². The normalized spacial score (nSPS) is 26.4. The topological polar surface area (TPSA) is 46.0 Å². The van der Waals surface area contributed by atoms with Gasteiger partial charge in [0.1, 0.15) is 6.33 Å². The molecule has 0 saturated carbocycles. The fourth-order valence-corrected chi connectivity index (χ4v) is 4.28. The monoisotopic (exact) mass is 379 g/mol. The number of nitrogens with one attached hydrogen (secondary N) is 1. The second kappa shape index (κ2) is 7.50. The zero-order valence-corrected chi connectivity index (χ0v) is 15.1. The van der Waals surface area contributed by atoms with Crippen LogP contribution in [0.4, 0.5) is 19.1 Å². The third-order valence-corrected chi connectivity index (χ3v) is 5.71. The highest BCUT2D eigenvalue weighted by atomic mass is 19.4. The van der Waals surface area contributed by atoms with Gasteiger partial charge in [-0.1, -0.05) is 30.3 Å². The van der Waals surface area contributed by atoms with E-state index in [4.69, 9.17) is 0 Å². The number of fused-ring (bicyclic) bond motifs is 1. The molecule has 8 heteroatoms. The van der Waals surface area contributed by atoms with Crippen molar-refractivity contribution in [2.45, 2.75) is 43.9 Å². The number of halogens is 3. The highest BCUT2D eigenvalue weighted by Crippen LogP contribution is 2.40. The molecule has 1 saturated heterocycles. The molecule has 0 amide bonds. The van der Waals surface area contributed by atoms with Crippen molar-refractivity contribution in [3.05, 3.63) is 42.2 Å².